The van der Waals surface area contributed by atoms with Gasteiger partial charge >= 0.3 is 75.4 Å². The second-order valence-corrected chi connectivity index (χ2v) is 10.4. The van der Waals surface area contributed by atoms with Crippen molar-refractivity contribution >= 4 is 46.2 Å². The molecule has 17 nitrogen and oxygen atoms in total. The number of nitrogens with zero attached hydrogens (tertiary/aromatic N) is 4. The van der Waals surface area contributed by atoms with E-state index in [1.807, 2.05) is 0 Å². The Bertz CT molecular complexity index is 1130. The number of imidazole rings is 1. The molecule has 3 rings (SSSR count). The molecule has 1 saturated heterocycles. The minimum atomic E-state index is -6.14. The fourth-order valence-electron chi connectivity index (χ4n) is 2.55. The van der Waals surface area contributed by atoms with Gasteiger partial charge in [-0.1, -0.05) is 11.6 Å². The SMILES string of the molecule is O=P([O-])([O-])OP(=O)([O-])OP(=O)([O-])OCC1OC(n2cnc3c(Cl)ncnc32)C(O)C1O.[Li+].[Li+].[Li+].[Li+]. The smallest absolute Gasteiger partial charge is 0.790 e. The first kappa shape index (κ1) is 38.7. The van der Waals surface area contributed by atoms with Gasteiger partial charge in [-0.05, 0) is 0 Å². The van der Waals surface area contributed by atoms with E-state index in [2.05, 4.69) is 28.1 Å². The van der Waals surface area contributed by atoms with Crippen molar-refractivity contribution in [1.29, 1.82) is 0 Å². The molecule has 0 aliphatic carbocycles. The van der Waals surface area contributed by atoms with Crippen molar-refractivity contribution in [1.82, 2.24) is 19.5 Å². The summed E-state index contributed by atoms with van der Waals surface area (Å²) in [6.07, 6.45) is -4.01. The molecule has 0 amide bonds. The van der Waals surface area contributed by atoms with E-state index in [9.17, 15) is 43.5 Å². The van der Waals surface area contributed by atoms with Gasteiger partial charge in [0.05, 0.1) is 20.8 Å². The normalized spacial score (nSPS) is 25.2. The van der Waals surface area contributed by atoms with Crippen LogP contribution < -0.4 is 95.0 Å². The molecule has 6 atom stereocenters. The minimum Gasteiger partial charge on any atom is -0.790 e. The Morgan fingerprint density at radius 2 is 1.57 bits per heavy atom. The van der Waals surface area contributed by atoms with Gasteiger partial charge in [-0.25, -0.2) is 19.3 Å². The summed E-state index contributed by atoms with van der Waals surface area (Å²) in [5, 5.41) is 20.3. The molecule has 2 N–H and O–H groups in total. The van der Waals surface area contributed by atoms with Crippen molar-refractivity contribution in [2.24, 2.45) is 0 Å². The van der Waals surface area contributed by atoms with Crippen molar-refractivity contribution < 1.29 is 137 Å². The topological polar surface area (TPSA) is 264 Å². The Kier molecular flexibility index (Phi) is 16.3. The van der Waals surface area contributed by atoms with Crippen LogP contribution in [-0.2, 0) is 31.6 Å². The summed E-state index contributed by atoms with van der Waals surface area (Å²) in [6.45, 7) is -1.08. The third-order valence-corrected chi connectivity index (χ3v) is 7.66. The summed E-state index contributed by atoms with van der Waals surface area (Å²) in [5.41, 5.74) is 0.256. The van der Waals surface area contributed by atoms with E-state index in [4.69, 9.17) is 16.3 Å². The van der Waals surface area contributed by atoms with Crippen LogP contribution in [0.1, 0.15) is 6.23 Å². The molecular weight excluding hydrogens is 540 g/mol. The molecule has 0 bridgehead atoms. The van der Waals surface area contributed by atoms with Crippen molar-refractivity contribution in [2.45, 2.75) is 24.5 Å². The van der Waals surface area contributed by atoms with Crippen LogP contribution in [0.2, 0.25) is 5.15 Å². The van der Waals surface area contributed by atoms with Crippen LogP contribution in [0.3, 0.4) is 0 Å². The number of rotatable bonds is 8. The zero-order chi connectivity index (χ0) is 23.2. The molecular formula is C10H10ClLi4N4O13P3. The van der Waals surface area contributed by atoms with Gasteiger partial charge < -0.3 is 43.6 Å². The van der Waals surface area contributed by atoms with E-state index >= 15 is 0 Å². The van der Waals surface area contributed by atoms with E-state index in [0.29, 0.717) is 0 Å². The van der Waals surface area contributed by atoms with Gasteiger partial charge in [0.2, 0.25) is 0 Å². The van der Waals surface area contributed by atoms with Crippen molar-refractivity contribution in [2.75, 3.05) is 6.61 Å². The average molecular weight is 550 g/mol. The maximum Gasteiger partial charge on any atom is 1.00 e. The zero-order valence-electron chi connectivity index (χ0n) is 18.6. The van der Waals surface area contributed by atoms with Crippen LogP contribution in [0.5, 0.6) is 0 Å². The molecule has 1 aliphatic heterocycles. The zero-order valence-corrected chi connectivity index (χ0v) is 22.0. The predicted molar refractivity (Wildman–Crippen MR) is 87.2 cm³/mol. The van der Waals surface area contributed by atoms with E-state index < -0.39 is 54.6 Å². The number of halogens is 1. The summed E-state index contributed by atoms with van der Waals surface area (Å²) >= 11 is 5.87. The first-order valence-corrected chi connectivity index (χ1v) is 12.5. The number of aliphatic hydroxyl groups excluding tert-OH is 2. The molecule has 0 aromatic carbocycles. The van der Waals surface area contributed by atoms with Crippen LogP contribution in [0.25, 0.3) is 11.2 Å². The third-order valence-electron chi connectivity index (χ3n) is 3.72. The Labute approximate surface area is 249 Å². The van der Waals surface area contributed by atoms with E-state index in [0.717, 1.165) is 12.7 Å². The number of phosphoric acid groups is 3. The molecule has 1 fully saturated rings. The summed E-state index contributed by atoms with van der Waals surface area (Å²) in [7, 11) is -18.1. The summed E-state index contributed by atoms with van der Waals surface area (Å²) in [4.78, 5) is 54.9. The molecule has 0 radical (unpaired) electrons. The van der Waals surface area contributed by atoms with Crippen LogP contribution in [0.15, 0.2) is 12.7 Å². The third kappa shape index (κ3) is 10.2. The standard InChI is InChI=1S/C10H14ClN4O13P3.4Li/c11-8-5-9(13-2-12-8)15(3-14-5)10-7(17)6(16)4(26-10)1-25-30(21,22)28-31(23,24)27-29(18,19)20;;;;/h2-4,6-7,10,16-17H,1H2,(H,21,22)(H,23,24)(H2,18,19,20);;;;/q;4*+1/p-4. The van der Waals surface area contributed by atoms with Gasteiger partial charge in [-0.3, -0.25) is 18.0 Å². The minimum absolute atomic E-state index is 0. The molecule has 174 valence electrons. The Morgan fingerprint density at radius 1 is 0.971 bits per heavy atom. The molecule has 25 heteroatoms. The van der Waals surface area contributed by atoms with Gasteiger partial charge in [0.1, 0.15) is 30.2 Å². The quantitative estimate of drug-likeness (QED) is 0.175. The second kappa shape index (κ2) is 14.8. The Balaban J connectivity index is 0. The molecule has 35 heavy (non-hydrogen) atoms. The monoisotopic (exact) mass is 550 g/mol. The van der Waals surface area contributed by atoms with Gasteiger partial charge in [0, 0.05) is 0 Å². The van der Waals surface area contributed by atoms with Gasteiger partial charge in [-0.15, -0.1) is 0 Å². The number of phosphoric ester groups is 1. The van der Waals surface area contributed by atoms with Gasteiger partial charge in [0.15, 0.2) is 17.0 Å². The summed E-state index contributed by atoms with van der Waals surface area (Å²) < 4.78 is 50.2. The Hall–Kier alpha value is 1.52. The fraction of sp³-hybridized carbons (Fsp3) is 0.500. The first-order chi connectivity index (χ1) is 14.2. The van der Waals surface area contributed by atoms with E-state index in [-0.39, 0.29) is 91.8 Å². The van der Waals surface area contributed by atoms with Gasteiger partial charge in [-0.2, -0.15) is 0 Å². The van der Waals surface area contributed by atoms with E-state index in [1.165, 1.54) is 4.57 Å². The van der Waals surface area contributed by atoms with Crippen molar-refractivity contribution in [3.05, 3.63) is 17.8 Å². The van der Waals surface area contributed by atoms with E-state index in [1.54, 1.807) is 0 Å². The van der Waals surface area contributed by atoms with Crippen LogP contribution >= 0.6 is 35.1 Å². The Morgan fingerprint density at radius 3 is 2.14 bits per heavy atom. The molecule has 2 aromatic heterocycles. The number of ether oxygens (including phenoxy) is 1. The average Bonchev–Trinajstić information content (AvgIpc) is 3.13. The second-order valence-electron chi connectivity index (χ2n) is 5.84. The first-order valence-electron chi connectivity index (χ1n) is 7.75. The van der Waals surface area contributed by atoms with Crippen LogP contribution in [-0.4, -0.2) is 54.7 Å². The number of fused-ring (bicyclic) bond motifs is 1. The molecule has 0 saturated carbocycles. The maximum atomic E-state index is 11.6. The number of aromatic nitrogens is 4. The van der Waals surface area contributed by atoms with Crippen molar-refractivity contribution in [3.8, 4) is 0 Å². The fourth-order valence-corrected chi connectivity index (χ4v) is 5.60. The molecule has 6 unspecified atom stereocenters. The number of aliphatic hydroxyl groups is 2. The molecule has 3 heterocycles. The molecule has 1 aliphatic rings. The summed E-state index contributed by atoms with van der Waals surface area (Å²) in [5.74, 6) is 0. The molecule has 2 aromatic rings. The van der Waals surface area contributed by atoms with Crippen LogP contribution in [0, 0.1) is 0 Å². The maximum absolute atomic E-state index is 11.6. The van der Waals surface area contributed by atoms with Crippen molar-refractivity contribution in [3.63, 3.8) is 0 Å². The predicted octanol–water partition coefficient (Wildman–Crippen LogP) is -15.1. The molecule has 0 spiro atoms. The summed E-state index contributed by atoms with van der Waals surface area (Å²) in [6, 6.07) is 0. The van der Waals surface area contributed by atoms with Gasteiger partial charge in [0.25, 0.3) is 15.6 Å². The number of hydrogen-bond acceptors (Lipinski definition) is 16. The largest absolute Gasteiger partial charge is 1.00 e. The number of hydrogen-bond donors (Lipinski definition) is 2. The van der Waals surface area contributed by atoms with Crippen LogP contribution in [0.4, 0.5) is 0 Å².